The molecule has 108 valence electrons. The fraction of sp³-hybridized carbons (Fsp3) is 0.800. The molecule has 3 nitrogen and oxygen atoms in total. The number of rotatable bonds is 4. The minimum atomic E-state index is -0.175. The molecule has 1 fully saturated rings. The second kappa shape index (κ2) is 5.90. The SMILES string of the molecule is Cc1ncsc1CN(C)CC1CCCC(C)(C)C1O. The highest BCUT2D eigenvalue weighted by Crippen LogP contribution is 2.39. The Morgan fingerprint density at radius 3 is 2.89 bits per heavy atom. The zero-order valence-electron chi connectivity index (χ0n) is 12.5. The minimum Gasteiger partial charge on any atom is -0.392 e. The molecule has 0 spiro atoms. The third-order valence-corrected chi connectivity index (χ3v) is 5.37. The normalized spacial score (nSPS) is 26.8. The van der Waals surface area contributed by atoms with Crippen LogP contribution in [0.25, 0.3) is 0 Å². The van der Waals surface area contributed by atoms with E-state index >= 15 is 0 Å². The van der Waals surface area contributed by atoms with Gasteiger partial charge in [0.25, 0.3) is 0 Å². The average Bonchev–Trinajstić information content (AvgIpc) is 2.71. The minimum absolute atomic E-state index is 0.0736. The lowest BCUT2D eigenvalue weighted by Crippen LogP contribution is -2.44. The van der Waals surface area contributed by atoms with Crippen LogP contribution < -0.4 is 0 Å². The third kappa shape index (κ3) is 3.56. The highest BCUT2D eigenvalue weighted by atomic mass is 32.1. The van der Waals surface area contributed by atoms with E-state index in [4.69, 9.17) is 0 Å². The van der Waals surface area contributed by atoms with Crippen molar-refractivity contribution < 1.29 is 5.11 Å². The second-order valence-corrected chi connectivity index (χ2v) is 7.58. The molecule has 0 aromatic carbocycles. The number of thiazole rings is 1. The summed E-state index contributed by atoms with van der Waals surface area (Å²) in [5.74, 6) is 0.405. The van der Waals surface area contributed by atoms with Crippen molar-refractivity contribution in [3.05, 3.63) is 16.1 Å². The first kappa shape index (κ1) is 14.9. The smallest absolute Gasteiger partial charge is 0.0798 e. The van der Waals surface area contributed by atoms with Crippen molar-refractivity contribution in [2.75, 3.05) is 13.6 Å². The highest BCUT2D eigenvalue weighted by molar-refractivity contribution is 7.09. The van der Waals surface area contributed by atoms with E-state index in [1.54, 1.807) is 11.3 Å². The summed E-state index contributed by atoms with van der Waals surface area (Å²) in [5, 5.41) is 10.5. The number of hydrogen-bond acceptors (Lipinski definition) is 4. The summed E-state index contributed by atoms with van der Waals surface area (Å²) in [6.07, 6.45) is 3.35. The monoisotopic (exact) mass is 282 g/mol. The lowest BCUT2D eigenvalue weighted by molar-refractivity contribution is -0.0414. The zero-order chi connectivity index (χ0) is 14.0. The predicted octanol–water partition coefficient (Wildman–Crippen LogP) is 3.07. The zero-order valence-corrected chi connectivity index (χ0v) is 13.3. The number of aliphatic hydroxyl groups is 1. The summed E-state index contributed by atoms with van der Waals surface area (Å²) in [6.45, 7) is 8.37. The predicted molar refractivity (Wildman–Crippen MR) is 80.3 cm³/mol. The standard InChI is InChI=1S/C15H26N2OS/c1-11-13(19-10-16-11)9-17(4)8-12-6-5-7-15(2,3)14(12)18/h10,12,14,18H,5-9H2,1-4H3. The maximum Gasteiger partial charge on any atom is 0.0798 e. The summed E-state index contributed by atoms with van der Waals surface area (Å²) in [7, 11) is 2.15. The first-order valence-electron chi connectivity index (χ1n) is 7.16. The lowest BCUT2D eigenvalue weighted by atomic mass is 9.69. The third-order valence-electron chi connectivity index (χ3n) is 4.45. The van der Waals surface area contributed by atoms with Gasteiger partial charge in [-0.15, -0.1) is 11.3 Å². The Kier molecular flexibility index (Phi) is 4.64. The van der Waals surface area contributed by atoms with Crippen molar-refractivity contribution in [1.29, 1.82) is 0 Å². The maximum atomic E-state index is 10.5. The molecule has 1 heterocycles. The van der Waals surface area contributed by atoms with Crippen LogP contribution in [0.2, 0.25) is 0 Å². The molecule has 2 atom stereocenters. The highest BCUT2D eigenvalue weighted by Gasteiger charge is 2.37. The second-order valence-electron chi connectivity index (χ2n) is 6.64. The summed E-state index contributed by atoms with van der Waals surface area (Å²) in [4.78, 5) is 7.97. The fourth-order valence-electron chi connectivity index (χ4n) is 3.14. The molecule has 1 aliphatic rings. The van der Waals surface area contributed by atoms with Gasteiger partial charge in [-0.05, 0) is 38.1 Å². The van der Waals surface area contributed by atoms with E-state index in [0.29, 0.717) is 5.92 Å². The molecule has 1 aliphatic carbocycles. The quantitative estimate of drug-likeness (QED) is 0.922. The molecule has 0 bridgehead atoms. The summed E-state index contributed by atoms with van der Waals surface area (Å²) >= 11 is 1.73. The average molecular weight is 282 g/mol. The molecular formula is C15H26N2OS. The molecule has 1 N–H and O–H groups in total. The Bertz CT molecular complexity index is 416. The van der Waals surface area contributed by atoms with E-state index in [2.05, 4.69) is 37.7 Å². The van der Waals surface area contributed by atoms with Gasteiger partial charge < -0.3 is 10.0 Å². The fourth-order valence-corrected chi connectivity index (χ4v) is 4.00. The van der Waals surface area contributed by atoms with E-state index in [1.165, 1.54) is 11.3 Å². The van der Waals surface area contributed by atoms with Crippen LogP contribution in [0.5, 0.6) is 0 Å². The van der Waals surface area contributed by atoms with Crippen LogP contribution in [0.15, 0.2) is 5.51 Å². The van der Waals surface area contributed by atoms with Gasteiger partial charge in [-0.1, -0.05) is 20.3 Å². The van der Waals surface area contributed by atoms with Crippen LogP contribution in [0.3, 0.4) is 0 Å². The topological polar surface area (TPSA) is 36.4 Å². The van der Waals surface area contributed by atoms with Crippen LogP contribution in [-0.4, -0.2) is 34.7 Å². The molecule has 0 radical (unpaired) electrons. The summed E-state index contributed by atoms with van der Waals surface area (Å²) in [5.41, 5.74) is 3.13. The molecular weight excluding hydrogens is 256 g/mol. The Balaban J connectivity index is 1.91. The molecule has 2 unspecified atom stereocenters. The lowest BCUT2D eigenvalue weighted by Gasteiger charge is -2.42. The summed E-state index contributed by atoms with van der Waals surface area (Å²) in [6, 6.07) is 0. The molecule has 4 heteroatoms. The van der Waals surface area contributed by atoms with E-state index in [-0.39, 0.29) is 11.5 Å². The molecule has 0 amide bonds. The molecule has 1 saturated carbocycles. The van der Waals surface area contributed by atoms with Crippen LogP contribution in [0.1, 0.15) is 43.7 Å². The van der Waals surface area contributed by atoms with Gasteiger partial charge >= 0.3 is 0 Å². The van der Waals surface area contributed by atoms with E-state index in [9.17, 15) is 5.11 Å². The van der Waals surface area contributed by atoms with Gasteiger partial charge in [-0.25, -0.2) is 4.98 Å². The number of hydrogen-bond donors (Lipinski definition) is 1. The van der Waals surface area contributed by atoms with Crippen LogP contribution in [0, 0.1) is 18.3 Å². The van der Waals surface area contributed by atoms with Gasteiger partial charge in [0.05, 0.1) is 17.3 Å². The molecule has 2 rings (SSSR count). The molecule has 19 heavy (non-hydrogen) atoms. The molecule has 0 saturated heterocycles. The number of aryl methyl sites for hydroxylation is 1. The maximum absolute atomic E-state index is 10.5. The van der Waals surface area contributed by atoms with Crippen molar-refractivity contribution in [2.24, 2.45) is 11.3 Å². The van der Waals surface area contributed by atoms with Crippen molar-refractivity contribution in [1.82, 2.24) is 9.88 Å². The largest absolute Gasteiger partial charge is 0.392 e. The Morgan fingerprint density at radius 1 is 1.53 bits per heavy atom. The Hall–Kier alpha value is -0.450. The van der Waals surface area contributed by atoms with Crippen molar-refractivity contribution in [2.45, 2.75) is 52.7 Å². The van der Waals surface area contributed by atoms with Crippen LogP contribution >= 0.6 is 11.3 Å². The van der Waals surface area contributed by atoms with Gasteiger partial charge in [0.15, 0.2) is 0 Å². The van der Waals surface area contributed by atoms with Crippen molar-refractivity contribution >= 4 is 11.3 Å². The summed E-state index contributed by atoms with van der Waals surface area (Å²) < 4.78 is 0. The van der Waals surface area contributed by atoms with E-state index in [0.717, 1.165) is 31.6 Å². The molecule has 0 aliphatic heterocycles. The van der Waals surface area contributed by atoms with Crippen LogP contribution in [-0.2, 0) is 6.54 Å². The van der Waals surface area contributed by atoms with Crippen LogP contribution in [0.4, 0.5) is 0 Å². The van der Waals surface area contributed by atoms with Crippen molar-refractivity contribution in [3.8, 4) is 0 Å². The first-order chi connectivity index (χ1) is 8.90. The Labute approximate surface area is 120 Å². The van der Waals surface area contributed by atoms with Gasteiger partial charge in [0, 0.05) is 18.0 Å². The van der Waals surface area contributed by atoms with Gasteiger partial charge in [0.1, 0.15) is 0 Å². The number of aromatic nitrogens is 1. The number of nitrogens with zero attached hydrogens (tertiary/aromatic N) is 2. The Morgan fingerprint density at radius 2 is 2.26 bits per heavy atom. The number of aliphatic hydroxyl groups excluding tert-OH is 1. The van der Waals surface area contributed by atoms with E-state index in [1.807, 2.05) is 5.51 Å². The molecule has 1 aromatic rings. The van der Waals surface area contributed by atoms with Crippen molar-refractivity contribution in [3.63, 3.8) is 0 Å². The molecule has 1 aromatic heterocycles. The van der Waals surface area contributed by atoms with Gasteiger partial charge in [-0.2, -0.15) is 0 Å². The van der Waals surface area contributed by atoms with Gasteiger partial charge in [0.2, 0.25) is 0 Å². The first-order valence-corrected chi connectivity index (χ1v) is 8.03. The van der Waals surface area contributed by atoms with Gasteiger partial charge in [-0.3, -0.25) is 0 Å². The van der Waals surface area contributed by atoms with E-state index < -0.39 is 0 Å².